The summed E-state index contributed by atoms with van der Waals surface area (Å²) in [6.45, 7) is 1.90. The van der Waals surface area contributed by atoms with Crippen LogP contribution in [0.5, 0.6) is 0 Å². The molecule has 2 heterocycles. The Morgan fingerprint density at radius 1 is 1.11 bits per heavy atom. The summed E-state index contributed by atoms with van der Waals surface area (Å²) in [5.41, 5.74) is 6.40. The molecule has 28 heavy (non-hydrogen) atoms. The number of likely N-dealkylation sites (tertiary alicyclic amines) is 1. The van der Waals surface area contributed by atoms with Gasteiger partial charge in [-0.2, -0.15) is 0 Å². The summed E-state index contributed by atoms with van der Waals surface area (Å²) in [5.74, 6) is -0.567. The molecule has 1 aliphatic carbocycles. The minimum Gasteiger partial charge on any atom is -0.366 e. The predicted octanol–water partition coefficient (Wildman–Crippen LogP) is 3.19. The third-order valence-corrected chi connectivity index (χ3v) is 7.21. The van der Waals surface area contributed by atoms with E-state index >= 15 is 0 Å². The molecular formula is C20H26Cl2N4O2. The van der Waals surface area contributed by atoms with Crippen molar-refractivity contribution in [3.8, 4) is 0 Å². The summed E-state index contributed by atoms with van der Waals surface area (Å²) in [4.78, 5) is 27.4. The number of fused-ring (bicyclic) bond motifs is 1. The van der Waals surface area contributed by atoms with Crippen molar-refractivity contribution in [3.05, 3.63) is 34.1 Å². The van der Waals surface area contributed by atoms with Gasteiger partial charge in [-0.25, -0.2) is 4.68 Å². The monoisotopic (exact) mass is 424 g/mol. The van der Waals surface area contributed by atoms with E-state index in [1.807, 2.05) is 17.8 Å². The number of carbonyl (C=O) groups is 1. The molecule has 1 aliphatic heterocycles. The SMILES string of the molecule is Cn1c2cccc(C(N)=O)c2c(=O)n1C1CCN(C2CCC(Cl)(Cl)CC2)CC1. The first-order valence-corrected chi connectivity index (χ1v) is 10.7. The van der Waals surface area contributed by atoms with Crippen LogP contribution in [-0.4, -0.2) is 43.6 Å². The molecule has 1 amide bonds. The van der Waals surface area contributed by atoms with Crippen LogP contribution in [0.25, 0.3) is 10.9 Å². The Balaban J connectivity index is 1.54. The summed E-state index contributed by atoms with van der Waals surface area (Å²) < 4.78 is 3.11. The van der Waals surface area contributed by atoms with Gasteiger partial charge >= 0.3 is 0 Å². The van der Waals surface area contributed by atoms with Crippen LogP contribution in [0.2, 0.25) is 0 Å². The lowest BCUT2D eigenvalue weighted by molar-refractivity contribution is 0.0999. The zero-order valence-corrected chi connectivity index (χ0v) is 17.5. The molecule has 2 aromatic rings. The quantitative estimate of drug-likeness (QED) is 0.768. The van der Waals surface area contributed by atoms with Crippen LogP contribution in [0.15, 0.2) is 23.0 Å². The number of hydrogen-bond donors (Lipinski definition) is 1. The predicted molar refractivity (Wildman–Crippen MR) is 112 cm³/mol. The molecule has 0 atom stereocenters. The lowest BCUT2D eigenvalue weighted by Crippen LogP contribution is -2.45. The number of nitrogens with zero attached hydrogens (tertiary/aromatic N) is 3. The molecule has 1 aromatic heterocycles. The summed E-state index contributed by atoms with van der Waals surface area (Å²) in [6.07, 6.45) is 5.51. The van der Waals surface area contributed by atoms with Crippen LogP contribution in [-0.2, 0) is 7.05 Å². The molecule has 2 N–H and O–H groups in total. The molecular weight excluding hydrogens is 399 g/mol. The Labute approximate surface area is 174 Å². The maximum Gasteiger partial charge on any atom is 0.275 e. The van der Waals surface area contributed by atoms with Crippen LogP contribution >= 0.6 is 23.2 Å². The van der Waals surface area contributed by atoms with E-state index in [1.165, 1.54) is 0 Å². The number of aryl methyl sites for hydroxylation is 1. The molecule has 0 unspecified atom stereocenters. The fraction of sp³-hybridized carbons (Fsp3) is 0.600. The summed E-state index contributed by atoms with van der Waals surface area (Å²) >= 11 is 12.5. The van der Waals surface area contributed by atoms with E-state index in [1.54, 1.807) is 16.8 Å². The molecule has 4 rings (SSSR count). The highest BCUT2D eigenvalue weighted by Gasteiger charge is 2.35. The number of rotatable bonds is 3. The van der Waals surface area contributed by atoms with Crippen molar-refractivity contribution in [3.63, 3.8) is 0 Å². The van der Waals surface area contributed by atoms with Crippen molar-refractivity contribution >= 4 is 40.0 Å². The van der Waals surface area contributed by atoms with Crippen LogP contribution in [0.1, 0.15) is 54.9 Å². The lowest BCUT2D eigenvalue weighted by Gasteiger charge is -2.41. The number of benzene rings is 1. The smallest absolute Gasteiger partial charge is 0.275 e. The van der Waals surface area contributed by atoms with Crippen molar-refractivity contribution in [2.75, 3.05) is 13.1 Å². The van der Waals surface area contributed by atoms with E-state index in [0.29, 0.717) is 17.0 Å². The molecule has 1 saturated heterocycles. The highest BCUT2D eigenvalue weighted by molar-refractivity contribution is 6.48. The highest BCUT2D eigenvalue weighted by Crippen LogP contribution is 2.40. The van der Waals surface area contributed by atoms with E-state index in [9.17, 15) is 9.59 Å². The Hall–Kier alpha value is -1.50. The normalized spacial score (nSPS) is 22.0. The molecule has 2 aliphatic rings. The summed E-state index contributed by atoms with van der Waals surface area (Å²) in [5, 5.41) is 0.424. The fourth-order valence-electron chi connectivity index (χ4n) is 4.90. The number of primary amides is 1. The third kappa shape index (κ3) is 3.46. The van der Waals surface area contributed by atoms with Gasteiger partial charge in [0.1, 0.15) is 4.33 Å². The minimum atomic E-state index is -0.567. The number of hydrogen-bond acceptors (Lipinski definition) is 3. The molecule has 0 radical (unpaired) electrons. The largest absolute Gasteiger partial charge is 0.366 e. The first-order valence-electron chi connectivity index (χ1n) is 9.90. The number of piperidine rings is 1. The Bertz CT molecular complexity index is 947. The summed E-state index contributed by atoms with van der Waals surface area (Å²) in [7, 11) is 1.88. The summed E-state index contributed by atoms with van der Waals surface area (Å²) in [6, 6.07) is 5.89. The number of nitrogens with two attached hydrogens (primary N) is 1. The van der Waals surface area contributed by atoms with Gasteiger partial charge < -0.3 is 10.6 Å². The van der Waals surface area contributed by atoms with Crippen molar-refractivity contribution in [1.82, 2.24) is 14.3 Å². The Morgan fingerprint density at radius 2 is 1.75 bits per heavy atom. The standard InChI is InChI=1S/C20H26Cl2N4O2/c1-24-16-4-2-3-15(18(23)27)17(16)19(28)26(24)14-7-11-25(12-8-14)13-5-9-20(21,22)10-6-13/h2-4,13-14H,5-12H2,1H3,(H2,23,27). The topological polar surface area (TPSA) is 73.3 Å². The maximum absolute atomic E-state index is 13.1. The fourth-order valence-corrected chi connectivity index (χ4v) is 5.34. The first-order chi connectivity index (χ1) is 13.3. The molecule has 8 heteroatoms. The molecule has 6 nitrogen and oxygen atoms in total. The van der Waals surface area contributed by atoms with Gasteiger partial charge in [-0.1, -0.05) is 6.07 Å². The van der Waals surface area contributed by atoms with Gasteiger partial charge in [-0.05, 0) is 50.7 Å². The molecule has 2 fully saturated rings. The lowest BCUT2D eigenvalue weighted by atomic mass is 9.91. The Kier molecular flexibility index (Phi) is 5.23. The zero-order chi connectivity index (χ0) is 20.1. The number of halogens is 2. The second kappa shape index (κ2) is 7.39. The van der Waals surface area contributed by atoms with Gasteiger partial charge in [0.15, 0.2) is 0 Å². The highest BCUT2D eigenvalue weighted by atomic mass is 35.5. The van der Waals surface area contributed by atoms with Crippen LogP contribution in [0, 0.1) is 0 Å². The maximum atomic E-state index is 13.1. The van der Waals surface area contributed by atoms with Crippen LogP contribution in [0.4, 0.5) is 0 Å². The molecule has 152 valence electrons. The number of carbonyl (C=O) groups excluding carboxylic acids is 1. The number of alkyl halides is 2. The molecule has 0 spiro atoms. The number of amides is 1. The minimum absolute atomic E-state index is 0.116. The van der Waals surface area contributed by atoms with E-state index < -0.39 is 10.2 Å². The Morgan fingerprint density at radius 3 is 2.36 bits per heavy atom. The van der Waals surface area contributed by atoms with Gasteiger partial charge in [0.25, 0.3) is 5.56 Å². The molecule has 1 saturated carbocycles. The van der Waals surface area contributed by atoms with Crippen molar-refractivity contribution < 1.29 is 4.79 Å². The van der Waals surface area contributed by atoms with E-state index in [4.69, 9.17) is 28.9 Å². The van der Waals surface area contributed by atoms with Gasteiger partial charge in [0, 0.05) is 26.2 Å². The van der Waals surface area contributed by atoms with Gasteiger partial charge in [-0.15, -0.1) is 23.2 Å². The van der Waals surface area contributed by atoms with E-state index in [-0.39, 0.29) is 11.6 Å². The second-order valence-corrected chi connectivity index (χ2v) is 9.73. The first kappa shape index (κ1) is 19.8. The van der Waals surface area contributed by atoms with Gasteiger partial charge in [0.2, 0.25) is 5.91 Å². The average Bonchev–Trinajstić information content (AvgIpc) is 2.93. The van der Waals surface area contributed by atoms with Gasteiger partial charge in [0.05, 0.1) is 22.5 Å². The van der Waals surface area contributed by atoms with Crippen LogP contribution < -0.4 is 11.3 Å². The molecule has 0 bridgehead atoms. The zero-order valence-electron chi connectivity index (χ0n) is 16.0. The van der Waals surface area contributed by atoms with Crippen molar-refractivity contribution in [2.45, 2.75) is 54.9 Å². The van der Waals surface area contributed by atoms with Crippen LogP contribution in [0.3, 0.4) is 0 Å². The second-order valence-electron chi connectivity index (χ2n) is 8.09. The number of aromatic nitrogens is 2. The van der Waals surface area contributed by atoms with Crippen molar-refractivity contribution in [2.24, 2.45) is 12.8 Å². The average molecular weight is 425 g/mol. The van der Waals surface area contributed by atoms with Crippen molar-refractivity contribution in [1.29, 1.82) is 0 Å². The van der Waals surface area contributed by atoms with E-state index in [0.717, 1.165) is 57.1 Å². The third-order valence-electron chi connectivity index (χ3n) is 6.45. The van der Waals surface area contributed by atoms with E-state index in [2.05, 4.69) is 4.90 Å². The van der Waals surface area contributed by atoms with Gasteiger partial charge in [-0.3, -0.25) is 14.3 Å². The molecule has 1 aromatic carbocycles.